The number of likely N-dealkylation sites (tertiary alicyclic amines) is 1. The summed E-state index contributed by atoms with van der Waals surface area (Å²) in [7, 11) is 2.10. The highest BCUT2D eigenvalue weighted by Gasteiger charge is 2.44. The maximum Gasteiger partial charge on any atom is 0.251 e. The average molecular weight is 329 g/mol. The van der Waals surface area contributed by atoms with E-state index in [2.05, 4.69) is 26.9 Å². The number of H-pyrrole nitrogens is 1. The number of aliphatic hydroxyl groups is 1. The third-order valence-corrected chi connectivity index (χ3v) is 5.61. The number of hydrogen-bond acceptors (Lipinski definition) is 5. The predicted octanol–water partition coefficient (Wildman–Crippen LogP) is 1.01. The van der Waals surface area contributed by atoms with Crippen LogP contribution in [0.1, 0.15) is 19.8 Å². The van der Waals surface area contributed by atoms with E-state index in [9.17, 15) is 9.90 Å². The third-order valence-electron chi connectivity index (χ3n) is 5.61. The van der Waals surface area contributed by atoms with Crippen LogP contribution in [0.25, 0.3) is 11.0 Å². The van der Waals surface area contributed by atoms with Crippen molar-refractivity contribution in [3.05, 3.63) is 18.6 Å². The van der Waals surface area contributed by atoms with Gasteiger partial charge in [0.15, 0.2) is 0 Å². The molecule has 0 aromatic carbocycles. The van der Waals surface area contributed by atoms with Gasteiger partial charge in [0.05, 0.1) is 5.39 Å². The monoisotopic (exact) mass is 329 g/mol. The normalized spacial score (nSPS) is 27.5. The summed E-state index contributed by atoms with van der Waals surface area (Å²) in [4.78, 5) is 27.9. The molecule has 1 aliphatic carbocycles. The molecule has 2 fully saturated rings. The first-order valence-electron chi connectivity index (χ1n) is 8.52. The predicted molar refractivity (Wildman–Crippen MR) is 90.6 cm³/mol. The van der Waals surface area contributed by atoms with Gasteiger partial charge in [-0.3, -0.25) is 4.79 Å². The lowest BCUT2D eigenvalue weighted by molar-refractivity contribution is -0.138. The summed E-state index contributed by atoms with van der Waals surface area (Å²) >= 11 is 0. The number of amides is 1. The second-order valence-electron chi connectivity index (χ2n) is 7.11. The van der Waals surface area contributed by atoms with Gasteiger partial charge in [-0.15, -0.1) is 0 Å². The highest BCUT2D eigenvalue weighted by atomic mass is 16.3. The first-order valence-corrected chi connectivity index (χ1v) is 8.52. The molecule has 4 rings (SSSR count). The minimum Gasteiger partial charge on any atom is -0.384 e. The van der Waals surface area contributed by atoms with Crippen LogP contribution in [0.5, 0.6) is 0 Å². The van der Waals surface area contributed by atoms with Crippen LogP contribution >= 0.6 is 0 Å². The van der Waals surface area contributed by atoms with Crippen LogP contribution < -0.4 is 4.90 Å². The number of aliphatic hydroxyl groups excluding tert-OH is 1. The van der Waals surface area contributed by atoms with Gasteiger partial charge in [-0.1, -0.05) is 0 Å². The largest absolute Gasteiger partial charge is 0.384 e. The lowest BCUT2D eigenvalue weighted by Gasteiger charge is -2.28. The molecule has 0 radical (unpaired) electrons. The fraction of sp³-hybridized carbons (Fsp3) is 0.588. The van der Waals surface area contributed by atoms with Crippen molar-refractivity contribution in [2.45, 2.75) is 31.9 Å². The Morgan fingerprint density at radius 1 is 1.38 bits per heavy atom. The van der Waals surface area contributed by atoms with E-state index in [1.807, 2.05) is 17.2 Å². The van der Waals surface area contributed by atoms with Crippen molar-refractivity contribution >= 4 is 22.8 Å². The molecule has 3 heterocycles. The number of fused-ring (bicyclic) bond motifs is 2. The van der Waals surface area contributed by atoms with E-state index < -0.39 is 6.10 Å². The topological polar surface area (TPSA) is 85.3 Å². The summed E-state index contributed by atoms with van der Waals surface area (Å²) in [5.41, 5.74) is 0.860. The van der Waals surface area contributed by atoms with Gasteiger partial charge in [-0.2, -0.15) is 0 Å². The average Bonchev–Trinajstić information content (AvgIpc) is 3.26. The Kier molecular flexibility index (Phi) is 3.68. The summed E-state index contributed by atoms with van der Waals surface area (Å²) < 4.78 is 0. The van der Waals surface area contributed by atoms with E-state index >= 15 is 0 Å². The quantitative estimate of drug-likeness (QED) is 0.878. The van der Waals surface area contributed by atoms with E-state index in [1.54, 1.807) is 13.3 Å². The Labute approximate surface area is 140 Å². The Balaban J connectivity index is 1.47. The number of carbonyl (C=O) groups excluding carboxylic acids is 1. The van der Waals surface area contributed by atoms with E-state index in [-0.39, 0.29) is 5.91 Å². The number of carbonyl (C=O) groups is 1. The molecule has 2 aromatic heterocycles. The highest BCUT2D eigenvalue weighted by molar-refractivity contribution is 5.87. The molecule has 24 heavy (non-hydrogen) atoms. The van der Waals surface area contributed by atoms with Gasteiger partial charge in [0.25, 0.3) is 5.91 Å². The van der Waals surface area contributed by atoms with Crippen LogP contribution in [-0.2, 0) is 4.79 Å². The van der Waals surface area contributed by atoms with Crippen molar-refractivity contribution in [2.75, 3.05) is 25.0 Å². The molecule has 4 atom stereocenters. The lowest BCUT2D eigenvalue weighted by Crippen LogP contribution is -2.38. The van der Waals surface area contributed by atoms with Crippen LogP contribution in [0.15, 0.2) is 18.6 Å². The second-order valence-corrected chi connectivity index (χ2v) is 7.11. The zero-order valence-electron chi connectivity index (χ0n) is 14.0. The van der Waals surface area contributed by atoms with Crippen molar-refractivity contribution in [3.63, 3.8) is 0 Å². The van der Waals surface area contributed by atoms with Gasteiger partial charge in [-0.05, 0) is 37.7 Å². The fourth-order valence-electron chi connectivity index (χ4n) is 4.34. The van der Waals surface area contributed by atoms with Crippen molar-refractivity contribution in [1.82, 2.24) is 19.9 Å². The van der Waals surface area contributed by atoms with E-state index in [4.69, 9.17) is 0 Å². The first kappa shape index (κ1) is 15.4. The first-order chi connectivity index (χ1) is 11.5. The molecule has 0 bridgehead atoms. The van der Waals surface area contributed by atoms with Gasteiger partial charge >= 0.3 is 0 Å². The Hall–Kier alpha value is -2.15. The van der Waals surface area contributed by atoms with E-state index in [0.29, 0.717) is 17.9 Å². The molecular formula is C17H23N5O2. The number of nitrogens with one attached hydrogen (secondary N) is 1. The SMILES string of the molecule is C[C@H](O)C(=O)N1CC2C[C@H](N(C)c3ncnc4[nH]ccc34)C[C@H]2C1. The van der Waals surface area contributed by atoms with Gasteiger partial charge in [0, 0.05) is 32.4 Å². The number of anilines is 1. The van der Waals surface area contributed by atoms with Crippen molar-refractivity contribution < 1.29 is 9.90 Å². The second kappa shape index (κ2) is 5.73. The third kappa shape index (κ3) is 2.43. The number of aromatic amines is 1. The summed E-state index contributed by atoms with van der Waals surface area (Å²) in [6, 6.07) is 2.44. The van der Waals surface area contributed by atoms with Gasteiger partial charge in [-0.25, -0.2) is 9.97 Å². The van der Waals surface area contributed by atoms with E-state index in [0.717, 1.165) is 42.8 Å². The lowest BCUT2D eigenvalue weighted by atomic mass is 10.0. The summed E-state index contributed by atoms with van der Waals surface area (Å²) in [6.45, 7) is 3.08. The molecule has 1 saturated carbocycles. The standard InChI is InChI=1S/C17H23N5O2/c1-10(23)17(24)22-7-11-5-13(6-12(11)8-22)21(2)16-14-3-4-18-15(14)19-9-20-16/h3-4,9-13,23H,5-8H2,1-2H3,(H,18,19,20)/t10-,11-,12?,13+/m0/s1. The number of nitrogens with zero attached hydrogens (tertiary/aromatic N) is 4. The Morgan fingerprint density at radius 3 is 2.75 bits per heavy atom. The summed E-state index contributed by atoms with van der Waals surface area (Å²) in [5.74, 6) is 1.86. The van der Waals surface area contributed by atoms with Gasteiger partial charge in [0.1, 0.15) is 23.9 Å². The molecule has 1 saturated heterocycles. The molecule has 1 unspecified atom stereocenters. The molecule has 2 aliphatic rings. The Bertz CT molecular complexity index is 744. The smallest absolute Gasteiger partial charge is 0.251 e. The van der Waals surface area contributed by atoms with Gasteiger partial charge in [0.2, 0.25) is 0 Å². The molecule has 128 valence electrons. The molecule has 1 aliphatic heterocycles. The number of hydrogen-bond donors (Lipinski definition) is 2. The van der Waals surface area contributed by atoms with Crippen LogP contribution in [0.2, 0.25) is 0 Å². The summed E-state index contributed by atoms with van der Waals surface area (Å²) in [5, 5.41) is 10.5. The zero-order chi connectivity index (χ0) is 16.8. The highest BCUT2D eigenvalue weighted by Crippen LogP contribution is 2.41. The molecule has 1 amide bonds. The minimum absolute atomic E-state index is 0.140. The van der Waals surface area contributed by atoms with Crippen LogP contribution in [-0.4, -0.2) is 63.1 Å². The minimum atomic E-state index is -0.898. The van der Waals surface area contributed by atoms with Crippen molar-refractivity contribution in [2.24, 2.45) is 11.8 Å². The van der Waals surface area contributed by atoms with Crippen LogP contribution in [0.4, 0.5) is 5.82 Å². The van der Waals surface area contributed by atoms with Crippen molar-refractivity contribution in [1.29, 1.82) is 0 Å². The molecule has 0 spiro atoms. The maximum absolute atomic E-state index is 12.0. The molecular weight excluding hydrogens is 306 g/mol. The number of aromatic nitrogens is 3. The fourth-order valence-corrected chi connectivity index (χ4v) is 4.34. The van der Waals surface area contributed by atoms with Gasteiger partial charge < -0.3 is 19.9 Å². The van der Waals surface area contributed by atoms with E-state index in [1.165, 1.54) is 0 Å². The summed E-state index contributed by atoms with van der Waals surface area (Å²) in [6.07, 6.45) is 4.70. The van der Waals surface area contributed by atoms with Crippen LogP contribution in [0.3, 0.4) is 0 Å². The molecule has 7 heteroatoms. The Morgan fingerprint density at radius 2 is 2.08 bits per heavy atom. The molecule has 2 N–H and O–H groups in total. The van der Waals surface area contributed by atoms with Crippen molar-refractivity contribution in [3.8, 4) is 0 Å². The molecule has 2 aromatic rings. The number of rotatable bonds is 3. The molecule has 7 nitrogen and oxygen atoms in total. The maximum atomic E-state index is 12.0. The zero-order valence-corrected chi connectivity index (χ0v) is 14.0. The van der Waals surface area contributed by atoms with Crippen LogP contribution in [0, 0.1) is 11.8 Å².